The van der Waals surface area contributed by atoms with Crippen molar-refractivity contribution in [2.24, 2.45) is 17.6 Å². The predicted octanol–water partition coefficient (Wildman–Crippen LogP) is 3.94. The van der Waals surface area contributed by atoms with Crippen LogP contribution in [-0.2, 0) is 5.54 Å². The van der Waals surface area contributed by atoms with Gasteiger partial charge in [-0.2, -0.15) is 0 Å². The first-order valence-corrected chi connectivity index (χ1v) is 6.79. The maximum Gasteiger partial charge on any atom is 0.123 e. The summed E-state index contributed by atoms with van der Waals surface area (Å²) in [4.78, 5) is 0. The summed E-state index contributed by atoms with van der Waals surface area (Å²) in [6.07, 6.45) is 2.19. The Morgan fingerprint density at radius 3 is 2.39 bits per heavy atom. The van der Waals surface area contributed by atoms with Crippen LogP contribution in [0.1, 0.15) is 46.1 Å². The number of rotatable bonds is 6. The van der Waals surface area contributed by atoms with Crippen molar-refractivity contribution in [3.05, 3.63) is 29.8 Å². The van der Waals surface area contributed by atoms with Crippen LogP contribution in [0.25, 0.3) is 0 Å². The molecule has 2 atom stereocenters. The zero-order valence-corrected chi connectivity index (χ0v) is 12.4. The van der Waals surface area contributed by atoms with Crippen molar-refractivity contribution in [1.29, 1.82) is 0 Å². The van der Waals surface area contributed by atoms with Gasteiger partial charge in [0.25, 0.3) is 0 Å². The summed E-state index contributed by atoms with van der Waals surface area (Å²) >= 11 is 0. The molecule has 0 bridgehead atoms. The highest BCUT2D eigenvalue weighted by Crippen LogP contribution is 2.33. The summed E-state index contributed by atoms with van der Waals surface area (Å²) in [6, 6.07) is 8.06. The van der Waals surface area contributed by atoms with E-state index in [1.165, 1.54) is 6.42 Å². The zero-order chi connectivity index (χ0) is 13.8. The first-order chi connectivity index (χ1) is 8.36. The average Bonchev–Trinajstić information content (AvgIpc) is 2.27. The highest BCUT2D eigenvalue weighted by Gasteiger charge is 2.27. The Bertz CT molecular complexity index is 371. The van der Waals surface area contributed by atoms with Crippen molar-refractivity contribution in [3.8, 4) is 5.75 Å². The lowest BCUT2D eigenvalue weighted by molar-refractivity contribution is 0.309. The van der Waals surface area contributed by atoms with Crippen LogP contribution in [0.2, 0.25) is 0 Å². The molecule has 2 nitrogen and oxygen atoms in total. The second kappa shape index (κ2) is 6.24. The zero-order valence-electron chi connectivity index (χ0n) is 12.4. The molecule has 0 saturated carbocycles. The fourth-order valence-corrected chi connectivity index (χ4v) is 2.84. The van der Waals surface area contributed by atoms with E-state index in [1.54, 1.807) is 7.11 Å². The third kappa shape index (κ3) is 4.02. The molecule has 0 aromatic heterocycles. The smallest absolute Gasteiger partial charge is 0.123 e. The summed E-state index contributed by atoms with van der Waals surface area (Å²) in [5.74, 6) is 2.22. The molecule has 0 aliphatic rings. The average molecular weight is 249 g/mol. The molecule has 0 aliphatic carbocycles. The molecule has 102 valence electrons. The molecule has 0 fully saturated rings. The summed E-state index contributed by atoms with van der Waals surface area (Å²) in [7, 11) is 1.70. The van der Waals surface area contributed by atoms with Crippen LogP contribution >= 0.6 is 0 Å². The largest absolute Gasteiger partial charge is 0.496 e. The van der Waals surface area contributed by atoms with Crippen LogP contribution in [0.4, 0.5) is 0 Å². The van der Waals surface area contributed by atoms with E-state index in [4.69, 9.17) is 10.5 Å². The predicted molar refractivity (Wildman–Crippen MR) is 77.8 cm³/mol. The van der Waals surface area contributed by atoms with Gasteiger partial charge < -0.3 is 10.5 Å². The number of benzene rings is 1. The Morgan fingerprint density at radius 2 is 1.83 bits per heavy atom. The SMILES string of the molecule is COc1ccccc1C(C)(N)CC(C)CC(C)C. The van der Waals surface area contributed by atoms with Gasteiger partial charge in [0.05, 0.1) is 7.11 Å². The molecular formula is C16H27NO. The number of hydrogen-bond donors (Lipinski definition) is 1. The fourth-order valence-electron chi connectivity index (χ4n) is 2.84. The summed E-state index contributed by atoms with van der Waals surface area (Å²) in [5, 5.41) is 0. The molecular weight excluding hydrogens is 222 g/mol. The van der Waals surface area contributed by atoms with E-state index >= 15 is 0 Å². The highest BCUT2D eigenvalue weighted by molar-refractivity contribution is 5.38. The normalized spacial score (nSPS) is 16.4. The van der Waals surface area contributed by atoms with Gasteiger partial charge in [-0.25, -0.2) is 0 Å². The molecule has 2 N–H and O–H groups in total. The van der Waals surface area contributed by atoms with Crippen LogP contribution in [-0.4, -0.2) is 7.11 Å². The number of hydrogen-bond acceptors (Lipinski definition) is 2. The van der Waals surface area contributed by atoms with Gasteiger partial charge in [-0.05, 0) is 37.7 Å². The van der Waals surface area contributed by atoms with Gasteiger partial charge in [0.1, 0.15) is 5.75 Å². The molecule has 0 heterocycles. The van der Waals surface area contributed by atoms with E-state index in [2.05, 4.69) is 33.8 Å². The van der Waals surface area contributed by atoms with Crippen molar-refractivity contribution < 1.29 is 4.74 Å². The minimum atomic E-state index is -0.332. The van der Waals surface area contributed by atoms with Crippen LogP contribution in [0, 0.1) is 11.8 Å². The van der Waals surface area contributed by atoms with Crippen molar-refractivity contribution >= 4 is 0 Å². The standard InChI is InChI=1S/C16H27NO/c1-12(2)10-13(3)11-16(4,17)14-8-6-7-9-15(14)18-5/h6-9,12-13H,10-11,17H2,1-5H3. The van der Waals surface area contributed by atoms with E-state index in [0.717, 1.165) is 17.7 Å². The number of ether oxygens (including phenoxy) is 1. The highest BCUT2D eigenvalue weighted by atomic mass is 16.5. The topological polar surface area (TPSA) is 35.2 Å². The molecule has 0 spiro atoms. The Morgan fingerprint density at radius 1 is 1.22 bits per heavy atom. The Labute approximate surface area is 112 Å². The van der Waals surface area contributed by atoms with Gasteiger partial charge in [-0.3, -0.25) is 0 Å². The lowest BCUT2D eigenvalue weighted by Gasteiger charge is -2.30. The van der Waals surface area contributed by atoms with Gasteiger partial charge in [-0.15, -0.1) is 0 Å². The minimum Gasteiger partial charge on any atom is -0.496 e. The molecule has 0 amide bonds. The summed E-state index contributed by atoms with van der Waals surface area (Å²) < 4.78 is 5.41. The molecule has 1 rings (SSSR count). The molecule has 0 radical (unpaired) electrons. The van der Waals surface area contributed by atoms with E-state index < -0.39 is 0 Å². The van der Waals surface area contributed by atoms with Crippen LogP contribution < -0.4 is 10.5 Å². The van der Waals surface area contributed by atoms with Gasteiger partial charge in [0.15, 0.2) is 0 Å². The number of nitrogens with two attached hydrogens (primary N) is 1. The lowest BCUT2D eigenvalue weighted by atomic mass is 9.81. The van der Waals surface area contributed by atoms with E-state index in [1.807, 2.05) is 18.2 Å². The second-order valence-electron chi connectivity index (χ2n) is 6.06. The first-order valence-electron chi connectivity index (χ1n) is 6.79. The van der Waals surface area contributed by atoms with Crippen LogP contribution in [0.15, 0.2) is 24.3 Å². The first kappa shape index (κ1) is 15.0. The Balaban J connectivity index is 2.85. The van der Waals surface area contributed by atoms with Gasteiger partial charge >= 0.3 is 0 Å². The molecule has 1 aromatic carbocycles. The van der Waals surface area contributed by atoms with Crippen LogP contribution in [0.3, 0.4) is 0 Å². The lowest BCUT2D eigenvalue weighted by Crippen LogP contribution is -2.35. The van der Waals surface area contributed by atoms with E-state index in [0.29, 0.717) is 11.8 Å². The van der Waals surface area contributed by atoms with Crippen LogP contribution in [0.5, 0.6) is 5.75 Å². The number of methoxy groups -OCH3 is 1. The van der Waals surface area contributed by atoms with Gasteiger partial charge in [0.2, 0.25) is 0 Å². The third-order valence-electron chi connectivity index (χ3n) is 3.37. The second-order valence-corrected chi connectivity index (χ2v) is 6.06. The summed E-state index contributed by atoms with van der Waals surface area (Å²) in [5.41, 5.74) is 7.28. The molecule has 2 heteroatoms. The van der Waals surface area contributed by atoms with Crippen molar-refractivity contribution in [1.82, 2.24) is 0 Å². The van der Waals surface area contributed by atoms with E-state index in [9.17, 15) is 0 Å². The summed E-state index contributed by atoms with van der Waals surface area (Å²) in [6.45, 7) is 8.89. The van der Waals surface area contributed by atoms with Gasteiger partial charge in [-0.1, -0.05) is 39.0 Å². The quantitative estimate of drug-likeness (QED) is 0.828. The maximum absolute atomic E-state index is 6.51. The molecule has 2 unspecified atom stereocenters. The fraction of sp³-hybridized carbons (Fsp3) is 0.625. The number of para-hydroxylation sites is 1. The Hall–Kier alpha value is -1.02. The molecule has 18 heavy (non-hydrogen) atoms. The third-order valence-corrected chi connectivity index (χ3v) is 3.37. The van der Waals surface area contributed by atoms with E-state index in [-0.39, 0.29) is 5.54 Å². The molecule has 0 saturated heterocycles. The van der Waals surface area contributed by atoms with Crippen molar-refractivity contribution in [2.45, 2.75) is 46.1 Å². The maximum atomic E-state index is 6.51. The molecule has 1 aromatic rings. The Kier molecular flexibility index (Phi) is 5.21. The monoisotopic (exact) mass is 249 g/mol. The molecule has 0 aliphatic heterocycles. The minimum absolute atomic E-state index is 0.332. The van der Waals surface area contributed by atoms with Crippen molar-refractivity contribution in [2.75, 3.05) is 7.11 Å². The van der Waals surface area contributed by atoms with Gasteiger partial charge in [0, 0.05) is 11.1 Å². The van der Waals surface area contributed by atoms with Crippen molar-refractivity contribution in [3.63, 3.8) is 0 Å².